The normalized spacial score (nSPS) is 20.7. The summed E-state index contributed by atoms with van der Waals surface area (Å²) in [4.78, 5) is 14.3. The van der Waals surface area contributed by atoms with E-state index in [2.05, 4.69) is 23.9 Å². The number of benzene rings is 1. The highest BCUT2D eigenvalue weighted by atomic mass is 32.2. The lowest BCUT2D eigenvalue weighted by molar-refractivity contribution is -0.0394. The molecular formula is C16H25N3O4S. The lowest BCUT2D eigenvalue weighted by atomic mass is 9.81. The average molecular weight is 355 g/mol. The highest BCUT2D eigenvalue weighted by Crippen LogP contribution is 2.31. The molecular weight excluding hydrogens is 330 g/mol. The number of piperidine rings is 1. The Kier molecular flexibility index (Phi) is 5.52. The summed E-state index contributed by atoms with van der Waals surface area (Å²) in [5.41, 5.74) is 0.310. The monoisotopic (exact) mass is 355 g/mol. The predicted octanol–water partition coefficient (Wildman–Crippen LogP) is 1.87. The lowest BCUT2D eigenvalue weighted by Gasteiger charge is -2.43. The second-order valence-electron chi connectivity index (χ2n) is 6.59. The lowest BCUT2D eigenvalue weighted by Crippen LogP contribution is -2.52. The molecule has 1 aromatic rings. The van der Waals surface area contributed by atoms with E-state index >= 15 is 0 Å². The molecule has 0 radical (unpaired) electrons. The van der Waals surface area contributed by atoms with Crippen LogP contribution in [0, 0.1) is 5.41 Å². The van der Waals surface area contributed by atoms with Crippen LogP contribution in [0.15, 0.2) is 29.2 Å². The van der Waals surface area contributed by atoms with E-state index in [0.717, 1.165) is 6.42 Å². The van der Waals surface area contributed by atoms with Crippen molar-refractivity contribution in [2.24, 2.45) is 5.41 Å². The molecule has 1 atom stereocenters. The first kappa shape index (κ1) is 18.7. The minimum atomic E-state index is -3.54. The predicted molar refractivity (Wildman–Crippen MR) is 92.5 cm³/mol. The Morgan fingerprint density at radius 3 is 2.67 bits per heavy atom. The van der Waals surface area contributed by atoms with Crippen LogP contribution < -0.4 is 10.0 Å². The molecule has 0 saturated carbocycles. The van der Waals surface area contributed by atoms with Gasteiger partial charge in [-0.3, -0.25) is 0 Å². The van der Waals surface area contributed by atoms with Crippen molar-refractivity contribution in [2.75, 3.05) is 32.6 Å². The summed E-state index contributed by atoms with van der Waals surface area (Å²) in [6, 6.07) is 5.95. The molecule has 134 valence electrons. The van der Waals surface area contributed by atoms with Crippen LogP contribution in [-0.2, 0) is 14.8 Å². The number of likely N-dealkylation sites (tertiary alicyclic amines) is 1. The van der Waals surface area contributed by atoms with Crippen molar-refractivity contribution in [3.05, 3.63) is 24.3 Å². The molecule has 2 amide bonds. The number of hydrogen-bond acceptors (Lipinski definition) is 4. The van der Waals surface area contributed by atoms with Crippen molar-refractivity contribution >= 4 is 21.7 Å². The van der Waals surface area contributed by atoms with E-state index in [1.807, 2.05) is 0 Å². The number of nitrogens with zero attached hydrogens (tertiary/aromatic N) is 1. The van der Waals surface area contributed by atoms with E-state index in [1.165, 1.54) is 19.2 Å². The zero-order valence-electron chi connectivity index (χ0n) is 14.5. The molecule has 7 nitrogen and oxygen atoms in total. The fourth-order valence-corrected chi connectivity index (χ4v) is 3.78. The van der Waals surface area contributed by atoms with E-state index in [4.69, 9.17) is 4.74 Å². The Labute approximate surface area is 143 Å². The van der Waals surface area contributed by atoms with E-state index in [0.29, 0.717) is 18.8 Å². The molecule has 1 saturated heterocycles. The highest BCUT2D eigenvalue weighted by Gasteiger charge is 2.37. The third-order valence-corrected chi connectivity index (χ3v) is 5.78. The Morgan fingerprint density at radius 1 is 1.38 bits per heavy atom. The minimum absolute atomic E-state index is 0.112. The molecule has 1 unspecified atom stereocenters. The second kappa shape index (κ2) is 7.08. The van der Waals surface area contributed by atoms with Crippen molar-refractivity contribution in [3.63, 3.8) is 0 Å². The van der Waals surface area contributed by atoms with Crippen molar-refractivity contribution < 1.29 is 17.9 Å². The number of sulfonamides is 1. The number of hydrogen-bond donors (Lipinski definition) is 2. The van der Waals surface area contributed by atoms with Gasteiger partial charge in [-0.05, 0) is 31.7 Å². The highest BCUT2D eigenvalue weighted by molar-refractivity contribution is 7.89. The summed E-state index contributed by atoms with van der Waals surface area (Å²) in [5.74, 6) is 0. The summed E-state index contributed by atoms with van der Waals surface area (Å²) in [5, 5.41) is 2.77. The molecule has 8 heteroatoms. The molecule has 1 fully saturated rings. The summed E-state index contributed by atoms with van der Waals surface area (Å²) in [6.45, 7) is 5.32. The molecule has 1 aromatic carbocycles. The van der Waals surface area contributed by atoms with Gasteiger partial charge < -0.3 is 15.0 Å². The van der Waals surface area contributed by atoms with E-state index in [9.17, 15) is 13.2 Å². The molecule has 24 heavy (non-hydrogen) atoms. The van der Waals surface area contributed by atoms with Gasteiger partial charge in [-0.1, -0.05) is 19.9 Å². The average Bonchev–Trinajstić information content (AvgIpc) is 2.54. The number of anilines is 1. The smallest absolute Gasteiger partial charge is 0.321 e. The standard InChI is InChI=1S/C16H25N3O4S/c1-16(2)11-19(9-8-14(16)23-4)15(20)18-12-6-5-7-13(10-12)24(21,22)17-3/h5-7,10,14,17H,8-9,11H2,1-4H3,(H,18,20). The van der Waals surface area contributed by atoms with Gasteiger partial charge in [-0.2, -0.15) is 0 Å². The van der Waals surface area contributed by atoms with Gasteiger partial charge in [-0.15, -0.1) is 0 Å². The quantitative estimate of drug-likeness (QED) is 0.863. The number of nitrogens with one attached hydrogen (secondary N) is 2. The van der Waals surface area contributed by atoms with Crippen LogP contribution >= 0.6 is 0 Å². The summed E-state index contributed by atoms with van der Waals surface area (Å²) in [6.07, 6.45) is 0.885. The molecule has 0 aliphatic carbocycles. The van der Waals surface area contributed by atoms with Crippen molar-refractivity contribution in [2.45, 2.75) is 31.3 Å². The third kappa shape index (κ3) is 4.06. The van der Waals surface area contributed by atoms with Crippen molar-refractivity contribution in [3.8, 4) is 0 Å². The number of carbonyl (C=O) groups is 1. The maximum Gasteiger partial charge on any atom is 0.321 e. The molecule has 1 aliphatic rings. The zero-order chi connectivity index (χ0) is 18.0. The fraction of sp³-hybridized carbons (Fsp3) is 0.562. The van der Waals surface area contributed by atoms with E-state index < -0.39 is 10.0 Å². The van der Waals surface area contributed by atoms with Gasteiger partial charge in [0.05, 0.1) is 11.0 Å². The maximum atomic E-state index is 12.5. The Bertz CT molecular complexity index is 703. The van der Waals surface area contributed by atoms with Crippen LogP contribution in [0.1, 0.15) is 20.3 Å². The van der Waals surface area contributed by atoms with Gasteiger partial charge in [-0.25, -0.2) is 17.9 Å². The van der Waals surface area contributed by atoms with Crippen LogP contribution in [0.2, 0.25) is 0 Å². The van der Waals surface area contributed by atoms with Crippen molar-refractivity contribution in [1.29, 1.82) is 0 Å². The van der Waals surface area contributed by atoms with Gasteiger partial charge in [0, 0.05) is 31.3 Å². The third-order valence-electron chi connectivity index (χ3n) is 4.37. The van der Waals surface area contributed by atoms with Crippen LogP contribution in [0.25, 0.3) is 0 Å². The molecule has 1 heterocycles. The van der Waals surface area contributed by atoms with E-state index in [-0.39, 0.29) is 22.4 Å². The first-order chi connectivity index (χ1) is 11.2. The van der Waals surface area contributed by atoms with Crippen molar-refractivity contribution in [1.82, 2.24) is 9.62 Å². The second-order valence-corrected chi connectivity index (χ2v) is 8.48. The topological polar surface area (TPSA) is 87.7 Å². The number of urea groups is 1. The first-order valence-corrected chi connectivity index (χ1v) is 9.30. The number of amides is 2. The van der Waals surface area contributed by atoms with Gasteiger partial charge in [0.2, 0.25) is 10.0 Å². The minimum Gasteiger partial charge on any atom is -0.381 e. The number of ether oxygens (including phenoxy) is 1. The van der Waals surface area contributed by atoms with Gasteiger partial charge in [0.15, 0.2) is 0 Å². The molecule has 1 aliphatic heterocycles. The fourth-order valence-electron chi connectivity index (χ4n) is 3.01. The summed E-state index contributed by atoms with van der Waals surface area (Å²) >= 11 is 0. The largest absolute Gasteiger partial charge is 0.381 e. The SMILES string of the molecule is CNS(=O)(=O)c1cccc(NC(=O)N2CCC(OC)C(C)(C)C2)c1. The Morgan fingerprint density at radius 2 is 2.08 bits per heavy atom. The summed E-state index contributed by atoms with van der Waals surface area (Å²) < 4.78 is 31.4. The Hall–Kier alpha value is -1.64. The number of methoxy groups -OCH3 is 1. The van der Waals surface area contributed by atoms with Crippen LogP contribution in [0.3, 0.4) is 0 Å². The Balaban J connectivity index is 2.09. The molecule has 2 N–H and O–H groups in total. The molecule has 0 bridgehead atoms. The number of rotatable bonds is 4. The van der Waals surface area contributed by atoms with Crippen LogP contribution in [0.5, 0.6) is 0 Å². The van der Waals surface area contributed by atoms with Gasteiger partial charge >= 0.3 is 6.03 Å². The van der Waals surface area contributed by atoms with Crippen LogP contribution in [0.4, 0.5) is 10.5 Å². The number of carbonyl (C=O) groups excluding carboxylic acids is 1. The molecule has 0 aromatic heterocycles. The van der Waals surface area contributed by atoms with Gasteiger partial charge in [0.1, 0.15) is 0 Å². The first-order valence-electron chi connectivity index (χ1n) is 7.82. The molecule has 2 rings (SSSR count). The van der Waals surface area contributed by atoms with Gasteiger partial charge in [0.25, 0.3) is 0 Å². The maximum absolute atomic E-state index is 12.5. The van der Waals surface area contributed by atoms with Crippen LogP contribution in [-0.4, -0.2) is 52.7 Å². The van der Waals surface area contributed by atoms with E-state index in [1.54, 1.807) is 24.1 Å². The zero-order valence-corrected chi connectivity index (χ0v) is 15.3. The summed E-state index contributed by atoms with van der Waals surface area (Å²) in [7, 11) is -0.502. The molecule has 0 spiro atoms.